The molecule has 132 valence electrons. The van der Waals surface area contributed by atoms with E-state index in [1.54, 1.807) is 11.8 Å². The molecule has 1 fully saturated rings. The van der Waals surface area contributed by atoms with Crippen LogP contribution < -0.4 is 11.1 Å². The molecule has 1 saturated heterocycles. The fourth-order valence-electron chi connectivity index (χ4n) is 3.03. The number of carbonyl (C=O) groups excluding carboxylic acids is 2. The van der Waals surface area contributed by atoms with Gasteiger partial charge in [-0.25, -0.2) is 0 Å². The summed E-state index contributed by atoms with van der Waals surface area (Å²) in [6.07, 6.45) is 3.89. The molecular formula is C18H21N3O2S2. The number of thioether (sulfide) groups is 1. The van der Waals surface area contributed by atoms with Gasteiger partial charge >= 0.3 is 0 Å². The Kier molecular flexibility index (Phi) is 5.78. The smallest absolute Gasteiger partial charge is 0.265 e. The predicted molar refractivity (Wildman–Crippen MR) is 103 cm³/mol. The minimum Gasteiger partial charge on any atom is -0.334 e. The first-order chi connectivity index (χ1) is 12.1. The highest BCUT2D eigenvalue weighted by atomic mass is 32.2. The molecule has 3 N–H and O–H groups in total. The summed E-state index contributed by atoms with van der Waals surface area (Å²) in [6, 6.07) is 11.6. The Balaban J connectivity index is 1.72. The summed E-state index contributed by atoms with van der Waals surface area (Å²) in [5.41, 5.74) is 6.29. The van der Waals surface area contributed by atoms with E-state index in [9.17, 15) is 9.59 Å². The molecule has 1 unspecified atom stereocenters. The summed E-state index contributed by atoms with van der Waals surface area (Å²) >= 11 is 3.08. The maximum atomic E-state index is 12.5. The quantitative estimate of drug-likeness (QED) is 0.786. The van der Waals surface area contributed by atoms with Crippen molar-refractivity contribution in [3.05, 3.63) is 46.2 Å². The monoisotopic (exact) mass is 375 g/mol. The number of carbonyl (C=O) groups is 2. The zero-order chi connectivity index (χ0) is 17.8. The summed E-state index contributed by atoms with van der Waals surface area (Å²) < 4.78 is 0. The maximum Gasteiger partial charge on any atom is 0.265 e. The van der Waals surface area contributed by atoms with Gasteiger partial charge in [-0.05, 0) is 49.4 Å². The Labute approximate surface area is 155 Å². The van der Waals surface area contributed by atoms with Crippen LogP contribution in [0.15, 0.2) is 41.3 Å². The molecule has 2 amide bonds. The lowest BCUT2D eigenvalue weighted by Crippen LogP contribution is -2.35. The van der Waals surface area contributed by atoms with Crippen LogP contribution >= 0.6 is 23.1 Å². The highest BCUT2D eigenvalue weighted by molar-refractivity contribution is 7.98. The molecule has 0 aliphatic carbocycles. The van der Waals surface area contributed by atoms with Crippen molar-refractivity contribution in [2.24, 2.45) is 5.73 Å². The number of anilines is 1. The second kappa shape index (κ2) is 8.03. The van der Waals surface area contributed by atoms with E-state index >= 15 is 0 Å². The molecule has 0 saturated carbocycles. The van der Waals surface area contributed by atoms with E-state index in [1.165, 1.54) is 11.3 Å². The standard InChI is InChI=1S/C18H21N3O2S2/c1-24-13-5-2-4-12(10-13)20-18(23)16-8-7-15(25-16)14-6-3-9-21(14)17(22)11-19/h2,4-5,7-8,10,14H,3,6,9,11,19H2,1H3,(H,20,23). The molecule has 0 spiro atoms. The van der Waals surface area contributed by atoms with Crippen LogP contribution in [0.25, 0.3) is 0 Å². The number of hydrogen-bond donors (Lipinski definition) is 2. The SMILES string of the molecule is CSc1cccc(NC(=O)c2ccc(C3CCCN3C(=O)CN)s2)c1. The second-order valence-corrected chi connectivity index (χ2v) is 7.83. The van der Waals surface area contributed by atoms with E-state index in [1.807, 2.05) is 47.6 Å². The predicted octanol–water partition coefficient (Wildman–Crippen LogP) is 3.34. The molecule has 1 aliphatic rings. The van der Waals surface area contributed by atoms with E-state index in [2.05, 4.69) is 5.32 Å². The Bertz CT molecular complexity index is 775. The third kappa shape index (κ3) is 4.05. The Morgan fingerprint density at radius 3 is 2.96 bits per heavy atom. The Morgan fingerprint density at radius 2 is 2.20 bits per heavy atom. The van der Waals surface area contributed by atoms with E-state index in [0.29, 0.717) is 4.88 Å². The van der Waals surface area contributed by atoms with Gasteiger partial charge in [0.05, 0.1) is 17.5 Å². The number of rotatable bonds is 5. The van der Waals surface area contributed by atoms with E-state index in [-0.39, 0.29) is 24.4 Å². The van der Waals surface area contributed by atoms with Crippen molar-refractivity contribution in [2.75, 3.05) is 24.7 Å². The number of thiophene rings is 1. The van der Waals surface area contributed by atoms with E-state index in [0.717, 1.165) is 34.8 Å². The van der Waals surface area contributed by atoms with Crippen LogP contribution in [0, 0.1) is 0 Å². The van der Waals surface area contributed by atoms with Crippen molar-refractivity contribution >= 4 is 40.6 Å². The molecule has 2 heterocycles. The number of hydrogen-bond acceptors (Lipinski definition) is 5. The maximum absolute atomic E-state index is 12.5. The molecule has 0 radical (unpaired) electrons. The minimum atomic E-state index is -0.121. The van der Waals surface area contributed by atoms with E-state index in [4.69, 9.17) is 5.73 Å². The average Bonchev–Trinajstić information content (AvgIpc) is 3.30. The van der Waals surface area contributed by atoms with Crippen molar-refractivity contribution in [1.82, 2.24) is 4.90 Å². The van der Waals surface area contributed by atoms with Gasteiger partial charge in [-0.1, -0.05) is 6.07 Å². The van der Waals surface area contributed by atoms with Crippen molar-refractivity contribution in [3.8, 4) is 0 Å². The molecule has 2 aromatic rings. The minimum absolute atomic E-state index is 0.0288. The summed E-state index contributed by atoms with van der Waals surface area (Å²) in [5.74, 6) is -0.153. The van der Waals surface area contributed by atoms with Crippen LogP contribution in [0.1, 0.15) is 33.4 Å². The van der Waals surface area contributed by atoms with Crippen LogP contribution in [-0.2, 0) is 4.79 Å². The fraction of sp³-hybridized carbons (Fsp3) is 0.333. The van der Waals surface area contributed by atoms with Crippen molar-refractivity contribution < 1.29 is 9.59 Å². The number of benzene rings is 1. The largest absolute Gasteiger partial charge is 0.334 e. The molecule has 7 heteroatoms. The van der Waals surface area contributed by atoms with Crippen LogP contribution in [0.3, 0.4) is 0 Å². The topological polar surface area (TPSA) is 75.4 Å². The first-order valence-corrected chi connectivity index (χ1v) is 10.2. The number of amides is 2. The number of likely N-dealkylation sites (tertiary alicyclic amines) is 1. The summed E-state index contributed by atoms with van der Waals surface area (Å²) in [6.45, 7) is 0.766. The summed E-state index contributed by atoms with van der Waals surface area (Å²) in [4.78, 5) is 29.1. The van der Waals surface area contributed by atoms with Gasteiger partial charge in [0.1, 0.15) is 0 Å². The molecule has 1 aliphatic heterocycles. The first-order valence-electron chi connectivity index (χ1n) is 8.17. The van der Waals surface area contributed by atoms with Crippen LogP contribution in [0.5, 0.6) is 0 Å². The van der Waals surface area contributed by atoms with E-state index < -0.39 is 0 Å². The number of nitrogens with two attached hydrogens (primary N) is 1. The van der Waals surface area contributed by atoms with Crippen molar-refractivity contribution in [2.45, 2.75) is 23.8 Å². The molecule has 0 bridgehead atoms. The van der Waals surface area contributed by atoms with Gasteiger partial charge in [-0.2, -0.15) is 0 Å². The van der Waals surface area contributed by atoms with Gasteiger partial charge in [-0.15, -0.1) is 23.1 Å². The van der Waals surface area contributed by atoms with Crippen LogP contribution in [-0.4, -0.2) is 36.1 Å². The van der Waals surface area contributed by atoms with Gasteiger partial charge in [0.2, 0.25) is 5.91 Å². The Hall–Kier alpha value is -1.83. The second-order valence-electron chi connectivity index (χ2n) is 5.84. The Morgan fingerprint density at radius 1 is 1.36 bits per heavy atom. The lowest BCUT2D eigenvalue weighted by atomic mass is 10.2. The highest BCUT2D eigenvalue weighted by Crippen LogP contribution is 2.36. The zero-order valence-corrected chi connectivity index (χ0v) is 15.7. The van der Waals surface area contributed by atoms with Crippen LogP contribution in [0.4, 0.5) is 5.69 Å². The van der Waals surface area contributed by atoms with Gasteiger partial charge in [-0.3, -0.25) is 9.59 Å². The summed E-state index contributed by atoms with van der Waals surface area (Å²) in [7, 11) is 0. The molecular weight excluding hydrogens is 354 g/mol. The molecule has 3 rings (SSSR count). The van der Waals surface area contributed by atoms with Crippen molar-refractivity contribution in [3.63, 3.8) is 0 Å². The number of nitrogens with zero attached hydrogens (tertiary/aromatic N) is 1. The molecule has 1 aromatic heterocycles. The van der Waals surface area contributed by atoms with Crippen LogP contribution in [0.2, 0.25) is 0 Å². The van der Waals surface area contributed by atoms with Crippen molar-refractivity contribution in [1.29, 1.82) is 0 Å². The number of nitrogens with one attached hydrogen (secondary N) is 1. The third-order valence-electron chi connectivity index (χ3n) is 4.25. The zero-order valence-electron chi connectivity index (χ0n) is 14.0. The molecule has 1 atom stereocenters. The summed E-state index contributed by atoms with van der Waals surface area (Å²) in [5, 5.41) is 2.94. The third-order valence-corrected chi connectivity index (χ3v) is 6.16. The van der Waals surface area contributed by atoms with Gasteiger partial charge in [0.15, 0.2) is 0 Å². The average molecular weight is 376 g/mol. The van der Waals surface area contributed by atoms with Gasteiger partial charge in [0.25, 0.3) is 5.91 Å². The molecule has 5 nitrogen and oxygen atoms in total. The van der Waals surface area contributed by atoms with Gasteiger partial charge < -0.3 is 16.0 Å². The lowest BCUT2D eigenvalue weighted by molar-refractivity contribution is -0.130. The molecule has 1 aromatic carbocycles. The normalized spacial score (nSPS) is 16.9. The highest BCUT2D eigenvalue weighted by Gasteiger charge is 2.30. The molecule has 25 heavy (non-hydrogen) atoms. The van der Waals surface area contributed by atoms with Gasteiger partial charge in [0, 0.05) is 22.0 Å². The lowest BCUT2D eigenvalue weighted by Gasteiger charge is -2.23. The fourth-order valence-corrected chi connectivity index (χ4v) is 4.54. The first kappa shape index (κ1) is 18.0.